The lowest BCUT2D eigenvalue weighted by molar-refractivity contribution is -0.141. The highest BCUT2D eigenvalue weighted by molar-refractivity contribution is 5.71. The Morgan fingerprint density at radius 2 is 1.71 bits per heavy atom. The number of nitrogens with zero attached hydrogens (tertiary/aromatic N) is 2. The molecule has 0 amide bonds. The lowest BCUT2D eigenvalue weighted by Crippen LogP contribution is -2.34. The van der Waals surface area contributed by atoms with E-state index in [2.05, 4.69) is 21.9 Å². The third-order valence-corrected chi connectivity index (χ3v) is 3.87. The third kappa shape index (κ3) is 5.12. The molecule has 0 aliphatic carbocycles. The molecule has 21 heavy (non-hydrogen) atoms. The van der Waals surface area contributed by atoms with E-state index in [9.17, 15) is 4.79 Å². The summed E-state index contributed by atoms with van der Waals surface area (Å²) < 4.78 is 4.72. The molecule has 1 aliphatic heterocycles. The van der Waals surface area contributed by atoms with Crippen molar-refractivity contribution in [3.8, 4) is 0 Å². The van der Waals surface area contributed by atoms with E-state index < -0.39 is 0 Å². The number of aliphatic hydroxyl groups excluding tert-OH is 1. The summed E-state index contributed by atoms with van der Waals surface area (Å²) in [5.41, 5.74) is 2.20. The number of benzene rings is 1. The van der Waals surface area contributed by atoms with E-state index in [0.717, 1.165) is 44.7 Å². The van der Waals surface area contributed by atoms with Crippen molar-refractivity contribution in [1.82, 2.24) is 9.80 Å². The minimum atomic E-state index is -0.164. The van der Waals surface area contributed by atoms with E-state index in [4.69, 9.17) is 9.84 Å². The summed E-state index contributed by atoms with van der Waals surface area (Å²) in [4.78, 5) is 15.9. The van der Waals surface area contributed by atoms with Gasteiger partial charge in [-0.15, -0.1) is 0 Å². The topological polar surface area (TPSA) is 53.0 Å². The van der Waals surface area contributed by atoms with Gasteiger partial charge in [-0.05, 0) is 24.1 Å². The fraction of sp³-hybridized carbons (Fsp3) is 0.562. The van der Waals surface area contributed by atoms with Gasteiger partial charge in [0.15, 0.2) is 0 Å². The molecular weight excluding hydrogens is 268 g/mol. The van der Waals surface area contributed by atoms with Crippen LogP contribution < -0.4 is 0 Å². The molecule has 1 fully saturated rings. The first-order chi connectivity index (χ1) is 10.2. The van der Waals surface area contributed by atoms with Gasteiger partial charge in [-0.1, -0.05) is 24.3 Å². The Morgan fingerprint density at radius 1 is 1.10 bits per heavy atom. The molecule has 0 bridgehead atoms. The van der Waals surface area contributed by atoms with Crippen LogP contribution in [0.25, 0.3) is 0 Å². The molecule has 0 atom stereocenters. The molecule has 1 heterocycles. The number of methoxy groups -OCH3 is 1. The fourth-order valence-electron chi connectivity index (χ4n) is 2.60. The summed E-state index contributed by atoms with van der Waals surface area (Å²) in [6.07, 6.45) is 1.06. The molecule has 0 unspecified atom stereocenters. The van der Waals surface area contributed by atoms with Crippen LogP contribution in [0.15, 0.2) is 24.3 Å². The van der Waals surface area contributed by atoms with E-state index in [1.807, 2.05) is 12.1 Å². The quantitative estimate of drug-likeness (QED) is 0.816. The Kier molecular flexibility index (Phi) is 6.17. The number of ether oxygens (including phenoxy) is 1. The Hall–Kier alpha value is -1.43. The summed E-state index contributed by atoms with van der Waals surface area (Å²) in [5, 5.41) is 9.05. The minimum Gasteiger partial charge on any atom is -0.468 e. The molecule has 1 aromatic carbocycles. The maximum absolute atomic E-state index is 11.3. The van der Waals surface area contributed by atoms with Crippen molar-refractivity contribution in [1.29, 1.82) is 0 Å². The monoisotopic (exact) mass is 292 g/mol. The molecule has 5 nitrogen and oxygen atoms in total. The summed E-state index contributed by atoms with van der Waals surface area (Å²) in [5.74, 6) is -0.164. The van der Waals surface area contributed by atoms with Crippen molar-refractivity contribution in [2.45, 2.75) is 19.6 Å². The number of carbonyl (C=O) groups excluding carboxylic acids is 1. The standard InChI is InChI=1S/C16H24N2O3/c1-21-16(20)12-18-8-2-7-17(9-10-18)11-14-3-5-15(13-19)6-4-14/h3-6,19H,2,7-13H2,1H3. The largest absolute Gasteiger partial charge is 0.468 e. The highest BCUT2D eigenvalue weighted by Crippen LogP contribution is 2.10. The molecule has 1 aromatic rings. The average molecular weight is 292 g/mol. The smallest absolute Gasteiger partial charge is 0.319 e. The Labute approximate surface area is 126 Å². The number of hydrogen-bond donors (Lipinski definition) is 1. The highest BCUT2D eigenvalue weighted by Gasteiger charge is 2.17. The van der Waals surface area contributed by atoms with E-state index >= 15 is 0 Å². The molecule has 2 rings (SSSR count). The van der Waals surface area contributed by atoms with Gasteiger partial charge in [-0.3, -0.25) is 14.6 Å². The number of hydrogen-bond acceptors (Lipinski definition) is 5. The van der Waals surface area contributed by atoms with Crippen LogP contribution in [-0.4, -0.2) is 60.7 Å². The van der Waals surface area contributed by atoms with E-state index in [0.29, 0.717) is 6.54 Å². The van der Waals surface area contributed by atoms with E-state index in [1.54, 1.807) is 0 Å². The van der Waals surface area contributed by atoms with Crippen molar-refractivity contribution in [3.63, 3.8) is 0 Å². The average Bonchev–Trinajstić information content (AvgIpc) is 2.73. The van der Waals surface area contributed by atoms with Gasteiger partial charge in [-0.2, -0.15) is 0 Å². The van der Waals surface area contributed by atoms with Crippen LogP contribution in [0.5, 0.6) is 0 Å². The molecule has 0 spiro atoms. The second-order valence-corrected chi connectivity index (χ2v) is 5.46. The van der Waals surface area contributed by atoms with Gasteiger partial charge in [0.25, 0.3) is 0 Å². The fourth-order valence-corrected chi connectivity index (χ4v) is 2.60. The molecule has 1 saturated heterocycles. The van der Waals surface area contributed by atoms with E-state index in [1.165, 1.54) is 12.7 Å². The van der Waals surface area contributed by atoms with Crippen molar-refractivity contribution in [2.75, 3.05) is 39.8 Å². The Bertz CT molecular complexity index is 447. The lowest BCUT2D eigenvalue weighted by Gasteiger charge is -2.21. The second kappa shape index (κ2) is 8.12. The molecule has 1 aliphatic rings. The molecule has 0 aromatic heterocycles. The predicted octanol–water partition coefficient (Wildman–Crippen LogP) is 0.860. The van der Waals surface area contributed by atoms with Crippen LogP contribution in [0.2, 0.25) is 0 Å². The zero-order valence-electron chi connectivity index (χ0n) is 12.6. The molecular formula is C16H24N2O3. The van der Waals surface area contributed by atoms with Crippen LogP contribution in [-0.2, 0) is 22.7 Å². The predicted molar refractivity (Wildman–Crippen MR) is 80.7 cm³/mol. The van der Waals surface area contributed by atoms with Crippen LogP contribution in [0, 0.1) is 0 Å². The van der Waals surface area contributed by atoms with Crippen LogP contribution in [0.4, 0.5) is 0 Å². The van der Waals surface area contributed by atoms with E-state index in [-0.39, 0.29) is 12.6 Å². The summed E-state index contributed by atoms with van der Waals surface area (Å²) in [7, 11) is 1.43. The molecule has 1 N–H and O–H groups in total. The number of aliphatic hydroxyl groups is 1. The third-order valence-electron chi connectivity index (χ3n) is 3.87. The maximum atomic E-state index is 11.3. The zero-order chi connectivity index (χ0) is 15.1. The summed E-state index contributed by atoms with van der Waals surface area (Å²) in [6.45, 7) is 5.22. The number of rotatable bonds is 5. The molecule has 0 saturated carbocycles. The van der Waals surface area contributed by atoms with Gasteiger partial charge in [0.2, 0.25) is 0 Å². The van der Waals surface area contributed by atoms with Crippen LogP contribution in [0.1, 0.15) is 17.5 Å². The minimum absolute atomic E-state index is 0.0898. The summed E-state index contributed by atoms with van der Waals surface area (Å²) in [6, 6.07) is 8.08. The zero-order valence-corrected chi connectivity index (χ0v) is 12.6. The first-order valence-corrected chi connectivity index (χ1v) is 7.41. The highest BCUT2D eigenvalue weighted by atomic mass is 16.5. The second-order valence-electron chi connectivity index (χ2n) is 5.46. The Balaban J connectivity index is 1.83. The number of carbonyl (C=O) groups is 1. The summed E-state index contributed by atoms with van der Waals surface area (Å²) >= 11 is 0. The first-order valence-electron chi connectivity index (χ1n) is 7.41. The molecule has 116 valence electrons. The first kappa shape index (κ1) is 15.9. The van der Waals surface area contributed by atoms with Gasteiger partial charge < -0.3 is 9.84 Å². The maximum Gasteiger partial charge on any atom is 0.319 e. The SMILES string of the molecule is COC(=O)CN1CCCN(Cc2ccc(CO)cc2)CC1. The number of esters is 1. The van der Waals surface area contributed by atoms with Crippen LogP contribution in [0.3, 0.4) is 0 Å². The van der Waals surface area contributed by atoms with Gasteiger partial charge in [-0.25, -0.2) is 0 Å². The van der Waals surface area contributed by atoms with Crippen molar-refractivity contribution in [3.05, 3.63) is 35.4 Å². The van der Waals surface area contributed by atoms with Crippen molar-refractivity contribution >= 4 is 5.97 Å². The normalized spacial score (nSPS) is 17.4. The van der Waals surface area contributed by atoms with Crippen molar-refractivity contribution < 1.29 is 14.6 Å². The molecule has 0 radical (unpaired) electrons. The van der Waals surface area contributed by atoms with Gasteiger partial charge in [0, 0.05) is 26.2 Å². The van der Waals surface area contributed by atoms with Gasteiger partial charge in [0.05, 0.1) is 20.3 Å². The molecule has 5 heteroatoms. The Morgan fingerprint density at radius 3 is 2.38 bits per heavy atom. The van der Waals surface area contributed by atoms with Gasteiger partial charge >= 0.3 is 5.97 Å². The van der Waals surface area contributed by atoms with Crippen molar-refractivity contribution in [2.24, 2.45) is 0 Å². The van der Waals surface area contributed by atoms with Gasteiger partial charge in [0.1, 0.15) is 0 Å². The lowest BCUT2D eigenvalue weighted by atomic mass is 10.1. The van der Waals surface area contributed by atoms with Crippen LogP contribution >= 0.6 is 0 Å².